The highest BCUT2D eigenvalue weighted by Crippen LogP contribution is 2.32. The number of hydrogen-bond acceptors (Lipinski definition) is 5. The number of sulfonamides is 1. The molecule has 3 aromatic carbocycles. The number of halogens is 1. The fourth-order valence-electron chi connectivity index (χ4n) is 3.03. The topological polar surface area (TPSA) is 93.7 Å². The number of rotatable bonds is 7. The zero-order valence-corrected chi connectivity index (χ0v) is 17.1. The molecule has 1 aliphatic heterocycles. The average Bonchev–Trinajstić information content (AvgIpc) is 3.22. The molecule has 160 valence electrons. The van der Waals surface area contributed by atoms with Gasteiger partial charge in [-0.05, 0) is 72.6 Å². The Hall–Kier alpha value is -3.59. The lowest BCUT2D eigenvalue weighted by Gasteiger charge is -2.10. The summed E-state index contributed by atoms with van der Waals surface area (Å²) in [4.78, 5) is 12.3. The summed E-state index contributed by atoms with van der Waals surface area (Å²) < 4.78 is 50.8. The van der Waals surface area contributed by atoms with Crippen molar-refractivity contribution in [3.05, 3.63) is 78.1 Å². The minimum Gasteiger partial charge on any atom is -0.454 e. The van der Waals surface area contributed by atoms with E-state index >= 15 is 0 Å². The molecule has 7 nitrogen and oxygen atoms in total. The summed E-state index contributed by atoms with van der Waals surface area (Å²) in [7, 11) is -3.83. The van der Waals surface area contributed by atoms with Gasteiger partial charge in [-0.25, -0.2) is 12.8 Å². The van der Waals surface area contributed by atoms with Gasteiger partial charge in [0.15, 0.2) is 11.5 Å². The van der Waals surface area contributed by atoms with Crippen LogP contribution >= 0.6 is 0 Å². The molecule has 1 amide bonds. The Morgan fingerprint density at radius 1 is 0.903 bits per heavy atom. The van der Waals surface area contributed by atoms with E-state index in [9.17, 15) is 17.6 Å². The van der Waals surface area contributed by atoms with Gasteiger partial charge in [-0.3, -0.25) is 9.52 Å². The molecule has 0 saturated carbocycles. The zero-order chi connectivity index (χ0) is 21.8. The molecule has 0 atom stereocenters. The molecule has 2 N–H and O–H groups in total. The van der Waals surface area contributed by atoms with Crippen LogP contribution in [-0.4, -0.2) is 21.1 Å². The molecule has 0 aliphatic carbocycles. The second kappa shape index (κ2) is 8.65. The first kappa shape index (κ1) is 20.7. The summed E-state index contributed by atoms with van der Waals surface area (Å²) in [6.07, 6.45) is 0.780. The minimum absolute atomic E-state index is 0.0233. The molecule has 4 rings (SSSR count). The Kier molecular flexibility index (Phi) is 5.77. The highest BCUT2D eigenvalue weighted by atomic mass is 32.2. The maximum absolute atomic E-state index is 13.0. The van der Waals surface area contributed by atoms with Crippen molar-refractivity contribution in [3.8, 4) is 11.5 Å². The lowest BCUT2D eigenvalue weighted by molar-refractivity contribution is -0.116. The van der Waals surface area contributed by atoms with E-state index in [1.54, 1.807) is 0 Å². The summed E-state index contributed by atoms with van der Waals surface area (Å²) in [6, 6.07) is 16.4. The van der Waals surface area contributed by atoms with Gasteiger partial charge in [-0.1, -0.05) is 6.07 Å². The van der Waals surface area contributed by atoms with E-state index < -0.39 is 15.8 Å². The van der Waals surface area contributed by atoms with Gasteiger partial charge in [0.2, 0.25) is 12.7 Å². The van der Waals surface area contributed by atoms with Gasteiger partial charge in [0.25, 0.3) is 10.0 Å². The van der Waals surface area contributed by atoms with Crippen LogP contribution in [0.1, 0.15) is 12.0 Å². The zero-order valence-electron chi connectivity index (χ0n) is 16.3. The standard InChI is InChI=1S/C22H19FN2O5S/c23-16-3-5-18(6-4-16)25-31(27,28)19-9-7-17(8-10-19)24-22(26)12-2-15-1-11-20-21(13-15)30-14-29-20/h1,3-11,13,25H,2,12,14H2,(H,24,26). The van der Waals surface area contributed by atoms with E-state index in [0.717, 1.165) is 5.56 Å². The van der Waals surface area contributed by atoms with Gasteiger partial charge >= 0.3 is 0 Å². The van der Waals surface area contributed by atoms with Gasteiger partial charge in [-0.15, -0.1) is 0 Å². The number of hydrogen-bond donors (Lipinski definition) is 2. The highest BCUT2D eigenvalue weighted by molar-refractivity contribution is 7.92. The fourth-order valence-corrected chi connectivity index (χ4v) is 4.09. The van der Waals surface area contributed by atoms with Crippen LogP contribution in [0.5, 0.6) is 11.5 Å². The number of carbonyl (C=O) groups excluding carboxylic acids is 1. The van der Waals surface area contributed by atoms with Crippen molar-refractivity contribution < 1.29 is 27.1 Å². The minimum atomic E-state index is -3.83. The first-order valence-corrected chi connectivity index (χ1v) is 10.9. The second-order valence-electron chi connectivity index (χ2n) is 6.87. The van der Waals surface area contributed by atoms with Gasteiger partial charge in [0.05, 0.1) is 4.90 Å². The Balaban J connectivity index is 1.33. The molecular weight excluding hydrogens is 423 g/mol. The SMILES string of the molecule is O=C(CCc1ccc2c(c1)OCO2)Nc1ccc(S(=O)(=O)Nc2ccc(F)cc2)cc1. The van der Waals surface area contributed by atoms with E-state index in [4.69, 9.17) is 9.47 Å². The smallest absolute Gasteiger partial charge is 0.261 e. The quantitative estimate of drug-likeness (QED) is 0.578. The van der Waals surface area contributed by atoms with Gasteiger partial charge in [0.1, 0.15) is 5.82 Å². The van der Waals surface area contributed by atoms with E-state index in [-0.39, 0.29) is 29.7 Å². The van der Waals surface area contributed by atoms with Crippen molar-refractivity contribution in [2.24, 2.45) is 0 Å². The first-order chi connectivity index (χ1) is 14.9. The Morgan fingerprint density at radius 2 is 1.58 bits per heavy atom. The summed E-state index contributed by atoms with van der Waals surface area (Å²) in [5.41, 5.74) is 1.69. The number of carbonyl (C=O) groups is 1. The van der Waals surface area contributed by atoms with E-state index in [1.165, 1.54) is 48.5 Å². The molecule has 0 spiro atoms. The molecule has 1 heterocycles. The van der Waals surface area contributed by atoms with Gasteiger partial charge < -0.3 is 14.8 Å². The van der Waals surface area contributed by atoms with Crippen LogP contribution in [-0.2, 0) is 21.2 Å². The maximum Gasteiger partial charge on any atom is 0.261 e. The molecule has 3 aromatic rings. The second-order valence-corrected chi connectivity index (χ2v) is 8.55. The Bertz CT molecular complexity index is 1200. The summed E-state index contributed by atoms with van der Waals surface area (Å²) in [5, 5.41) is 2.75. The summed E-state index contributed by atoms with van der Waals surface area (Å²) >= 11 is 0. The number of aryl methyl sites for hydroxylation is 1. The van der Waals surface area contributed by atoms with E-state index in [0.29, 0.717) is 23.6 Å². The average molecular weight is 442 g/mol. The maximum atomic E-state index is 13.0. The number of fused-ring (bicyclic) bond motifs is 1. The molecule has 0 fully saturated rings. The normalized spacial score (nSPS) is 12.4. The van der Waals surface area contributed by atoms with Crippen LogP contribution in [0, 0.1) is 5.82 Å². The summed E-state index contributed by atoms with van der Waals surface area (Å²) in [5.74, 6) is 0.709. The monoisotopic (exact) mass is 442 g/mol. The van der Waals surface area contributed by atoms with Gasteiger partial charge in [0, 0.05) is 17.8 Å². The highest BCUT2D eigenvalue weighted by Gasteiger charge is 2.15. The molecule has 0 unspecified atom stereocenters. The lowest BCUT2D eigenvalue weighted by atomic mass is 10.1. The van der Waals surface area contributed by atoms with Crippen LogP contribution in [0.15, 0.2) is 71.6 Å². The van der Waals surface area contributed by atoms with Crippen LogP contribution in [0.2, 0.25) is 0 Å². The van der Waals surface area contributed by atoms with E-state index in [2.05, 4.69) is 10.0 Å². The predicted molar refractivity (Wildman–Crippen MR) is 113 cm³/mol. The van der Waals surface area contributed by atoms with Crippen molar-refractivity contribution in [2.75, 3.05) is 16.8 Å². The number of amides is 1. The van der Waals surface area contributed by atoms with Crippen molar-refractivity contribution >= 4 is 27.3 Å². The third-order valence-corrected chi connectivity index (χ3v) is 6.02. The van der Waals surface area contributed by atoms with Crippen molar-refractivity contribution in [2.45, 2.75) is 17.7 Å². The van der Waals surface area contributed by atoms with Gasteiger partial charge in [-0.2, -0.15) is 0 Å². The molecule has 0 aromatic heterocycles. The van der Waals surface area contributed by atoms with Crippen molar-refractivity contribution in [1.29, 1.82) is 0 Å². The molecule has 1 aliphatic rings. The number of benzene rings is 3. The Morgan fingerprint density at radius 3 is 2.32 bits per heavy atom. The molecule has 0 saturated heterocycles. The van der Waals surface area contributed by atoms with Crippen LogP contribution in [0.25, 0.3) is 0 Å². The third kappa shape index (κ3) is 5.13. The summed E-state index contributed by atoms with van der Waals surface area (Å²) in [6.45, 7) is 0.199. The van der Waals surface area contributed by atoms with Crippen LogP contribution in [0.4, 0.5) is 15.8 Å². The van der Waals surface area contributed by atoms with Crippen LogP contribution in [0.3, 0.4) is 0 Å². The Labute approximate surface area is 178 Å². The van der Waals surface area contributed by atoms with Crippen molar-refractivity contribution in [3.63, 3.8) is 0 Å². The number of nitrogens with one attached hydrogen (secondary N) is 2. The first-order valence-electron chi connectivity index (χ1n) is 9.46. The molecule has 9 heteroatoms. The van der Waals surface area contributed by atoms with Crippen molar-refractivity contribution in [1.82, 2.24) is 0 Å². The molecule has 31 heavy (non-hydrogen) atoms. The van der Waals surface area contributed by atoms with Crippen LogP contribution < -0.4 is 19.5 Å². The third-order valence-electron chi connectivity index (χ3n) is 4.62. The predicted octanol–water partition coefficient (Wildman–Crippen LogP) is 3.93. The largest absolute Gasteiger partial charge is 0.454 e. The number of ether oxygens (including phenoxy) is 2. The molecule has 0 radical (unpaired) electrons. The fraction of sp³-hybridized carbons (Fsp3) is 0.136. The molecule has 0 bridgehead atoms. The van der Waals surface area contributed by atoms with E-state index in [1.807, 2.05) is 18.2 Å². The molecular formula is C22H19FN2O5S. The lowest BCUT2D eigenvalue weighted by Crippen LogP contribution is -2.14. The number of anilines is 2.